The van der Waals surface area contributed by atoms with Crippen LogP contribution in [0, 0.1) is 11.3 Å². The minimum Gasteiger partial charge on any atom is -0.505 e. The molecule has 0 aliphatic carbocycles. The second-order valence-corrected chi connectivity index (χ2v) is 8.64. The molecule has 1 atom stereocenters. The SMILES string of the molecule is CC(C)(C)OC(=O)N[C@@H](CNC(=O)c1nc(C#N)c2cc(Oc3ccccc3)ccc2c1O)C(=O)O. The highest BCUT2D eigenvalue weighted by molar-refractivity contribution is 6.03. The monoisotopic (exact) mass is 492 g/mol. The maximum absolute atomic E-state index is 12.7. The molecule has 3 rings (SSSR count). The predicted molar refractivity (Wildman–Crippen MR) is 128 cm³/mol. The number of alkyl carbamates (subject to hydrolysis) is 1. The number of carboxylic acid groups (broad SMARTS) is 1. The third kappa shape index (κ3) is 6.38. The van der Waals surface area contributed by atoms with Crippen LogP contribution in [-0.2, 0) is 9.53 Å². The summed E-state index contributed by atoms with van der Waals surface area (Å²) in [5.41, 5.74) is -1.47. The predicted octanol–water partition coefficient (Wildman–Crippen LogP) is 3.31. The fourth-order valence-corrected chi connectivity index (χ4v) is 3.14. The number of carbonyl (C=O) groups excluding carboxylic acids is 2. The molecule has 1 aromatic heterocycles. The largest absolute Gasteiger partial charge is 0.505 e. The van der Waals surface area contributed by atoms with E-state index in [1.165, 1.54) is 12.1 Å². The summed E-state index contributed by atoms with van der Waals surface area (Å²) in [6.07, 6.45) is -0.976. The van der Waals surface area contributed by atoms with Gasteiger partial charge in [0.2, 0.25) is 0 Å². The first-order valence-corrected chi connectivity index (χ1v) is 10.8. The Morgan fingerprint density at radius 2 is 1.78 bits per heavy atom. The van der Waals surface area contributed by atoms with E-state index >= 15 is 0 Å². The van der Waals surface area contributed by atoms with Crippen molar-refractivity contribution in [3.05, 3.63) is 59.9 Å². The van der Waals surface area contributed by atoms with Gasteiger partial charge in [-0.1, -0.05) is 18.2 Å². The van der Waals surface area contributed by atoms with Crippen molar-refractivity contribution in [1.29, 1.82) is 5.26 Å². The van der Waals surface area contributed by atoms with Gasteiger partial charge in [-0.3, -0.25) is 4.79 Å². The zero-order chi connectivity index (χ0) is 26.5. The maximum Gasteiger partial charge on any atom is 0.408 e. The highest BCUT2D eigenvalue weighted by atomic mass is 16.6. The van der Waals surface area contributed by atoms with Gasteiger partial charge in [0, 0.05) is 17.3 Å². The number of amides is 2. The Balaban J connectivity index is 1.81. The third-order valence-corrected chi connectivity index (χ3v) is 4.70. The van der Waals surface area contributed by atoms with Crippen molar-refractivity contribution in [2.24, 2.45) is 0 Å². The Bertz CT molecular complexity index is 1340. The molecule has 0 unspecified atom stereocenters. The number of hydrogen-bond donors (Lipinski definition) is 4. The number of rotatable bonds is 7. The summed E-state index contributed by atoms with van der Waals surface area (Å²) in [7, 11) is 0. The van der Waals surface area contributed by atoms with Crippen molar-refractivity contribution in [2.75, 3.05) is 6.54 Å². The Morgan fingerprint density at radius 3 is 2.39 bits per heavy atom. The van der Waals surface area contributed by atoms with Gasteiger partial charge in [-0.2, -0.15) is 5.26 Å². The molecule has 36 heavy (non-hydrogen) atoms. The van der Waals surface area contributed by atoms with Crippen LogP contribution in [0.3, 0.4) is 0 Å². The Labute approximate surface area is 206 Å². The van der Waals surface area contributed by atoms with E-state index in [0.717, 1.165) is 0 Å². The summed E-state index contributed by atoms with van der Waals surface area (Å²) < 4.78 is 10.8. The fraction of sp³-hybridized carbons (Fsp3) is 0.240. The van der Waals surface area contributed by atoms with Gasteiger partial charge in [0.25, 0.3) is 5.91 Å². The summed E-state index contributed by atoms with van der Waals surface area (Å²) in [5.74, 6) is -1.90. The molecule has 2 amide bonds. The van der Waals surface area contributed by atoms with Crippen molar-refractivity contribution < 1.29 is 34.1 Å². The fourth-order valence-electron chi connectivity index (χ4n) is 3.14. The molecule has 0 aliphatic rings. The molecule has 2 aromatic carbocycles. The lowest BCUT2D eigenvalue weighted by atomic mass is 10.1. The lowest BCUT2D eigenvalue weighted by molar-refractivity contribution is -0.139. The number of nitrogens with zero attached hydrogens (tertiary/aromatic N) is 2. The first-order valence-electron chi connectivity index (χ1n) is 10.8. The number of ether oxygens (including phenoxy) is 2. The number of pyridine rings is 1. The smallest absolute Gasteiger partial charge is 0.408 e. The average Bonchev–Trinajstić information content (AvgIpc) is 2.81. The van der Waals surface area contributed by atoms with Crippen molar-refractivity contribution in [3.8, 4) is 23.3 Å². The van der Waals surface area contributed by atoms with Crippen LogP contribution in [0.1, 0.15) is 37.0 Å². The Kier molecular flexibility index (Phi) is 7.59. The number of para-hydroxylation sites is 1. The number of nitrogens with one attached hydrogen (secondary N) is 2. The number of nitriles is 1. The molecule has 0 fully saturated rings. The molecule has 0 aliphatic heterocycles. The normalized spacial score (nSPS) is 11.7. The number of carboxylic acids is 1. The van der Waals surface area contributed by atoms with Crippen LogP contribution in [0.25, 0.3) is 10.8 Å². The highest BCUT2D eigenvalue weighted by Crippen LogP contribution is 2.33. The molecule has 0 saturated heterocycles. The molecular formula is C25H24N4O7. The Hall–Kier alpha value is -4.85. The molecule has 0 saturated carbocycles. The summed E-state index contributed by atoms with van der Waals surface area (Å²) >= 11 is 0. The van der Waals surface area contributed by atoms with E-state index in [2.05, 4.69) is 15.6 Å². The van der Waals surface area contributed by atoms with E-state index < -0.39 is 47.6 Å². The van der Waals surface area contributed by atoms with E-state index in [1.54, 1.807) is 51.1 Å². The zero-order valence-corrected chi connectivity index (χ0v) is 19.7. The van der Waals surface area contributed by atoms with Crippen LogP contribution in [0.2, 0.25) is 0 Å². The molecule has 11 heteroatoms. The number of benzene rings is 2. The Morgan fingerprint density at radius 1 is 1.08 bits per heavy atom. The second kappa shape index (κ2) is 10.6. The molecule has 1 heterocycles. The summed E-state index contributed by atoms with van der Waals surface area (Å²) in [5, 5.41) is 34.5. The minimum absolute atomic E-state index is 0.145. The number of aliphatic carboxylic acids is 1. The van der Waals surface area contributed by atoms with Gasteiger partial charge in [-0.05, 0) is 51.1 Å². The lowest BCUT2D eigenvalue weighted by Crippen LogP contribution is -2.49. The zero-order valence-electron chi connectivity index (χ0n) is 19.7. The van der Waals surface area contributed by atoms with E-state index in [1.807, 2.05) is 12.1 Å². The number of hydrogen-bond acceptors (Lipinski definition) is 8. The maximum atomic E-state index is 12.7. The molecular weight excluding hydrogens is 468 g/mol. The summed E-state index contributed by atoms with van der Waals surface area (Å²) in [6.45, 7) is 4.31. The van der Waals surface area contributed by atoms with Crippen LogP contribution < -0.4 is 15.4 Å². The second-order valence-electron chi connectivity index (χ2n) is 8.64. The topological polar surface area (TPSA) is 171 Å². The number of carbonyl (C=O) groups is 3. The van der Waals surface area contributed by atoms with E-state index in [0.29, 0.717) is 11.5 Å². The molecule has 0 bridgehead atoms. The van der Waals surface area contributed by atoms with E-state index in [-0.39, 0.29) is 16.5 Å². The van der Waals surface area contributed by atoms with Crippen LogP contribution in [0.15, 0.2) is 48.5 Å². The van der Waals surface area contributed by atoms with Crippen molar-refractivity contribution in [3.63, 3.8) is 0 Å². The van der Waals surface area contributed by atoms with Crippen LogP contribution in [0.4, 0.5) is 4.79 Å². The van der Waals surface area contributed by atoms with Gasteiger partial charge < -0.3 is 30.3 Å². The quantitative estimate of drug-likeness (QED) is 0.386. The molecule has 11 nitrogen and oxygen atoms in total. The van der Waals surface area contributed by atoms with Gasteiger partial charge in [-0.25, -0.2) is 14.6 Å². The lowest BCUT2D eigenvalue weighted by Gasteiger charge is -2.22. The minimum atomic E-state index is -1.51. The summed E-state index contributed by atoms with van der Waals surface area (Å²) in [4.78, 5) is 40.1. The number of fused-ring (bicyclic) bond motifs is 1. The van der Waals surface area contributed by atoms with Crippen LogP contribution >= 0.6 is 0 Å². The highest BCUT2D eigenvalue weighted by Gasteiger charge is 2.26. The van der Waals surface area contributed by atoms with Gasteiger partial charge >= 0.3 is 12.1 Å². The average molecular weight is 492 g/mol. The van der Waals surface area contributed by atoms with Gasteiger partial charge in [0.05, 0.1) is 0 Å². The molecule has 0 spiro atoms. The first-order chi connectivity index (χ1) is 17.0. The van der Waals surface area contributed by atoms with Gasteiger partial charge in [-0.15, -0.1) is 0 Å². The third-order valence-electron chi connectivity index (χ3n) is 4.70. The van der Waals surface area contributed by atoms with E-state index in [9.17, 15) is 29.9 Å². The number of aromatic nitrogens is 1. The van der Waals surface area contributed by atoms with E-state index in [4.69, 9.17) is 9.47 Å². The molecule has 4 N–H and O–H groups in total. The van der Waals surface area contributed by atoms with Gasteiger partial charge in [0.15, 0.2) is 11.4 Å². The van der Waals surface area contributed by atoms with Crippen LogP contribution in [0.5, 0.6) is 17.2 Å². The first kappa shape index (κ1) is 25.8. The van der Waals surface area contributed by atoms with Crippen molar-refractivity contribution in [2.45, 2.75) is 32.4 Å². The molecule has 0 radical (unpaired) electrons. The standard InChI is InChI=1S/C25H24N4O7/c1-25(2,3)36-24(34)29-19(23(32)33)13-27-22(31)20-21(30)16-10-9-15(11-17(16)18(12-26)28-20)35-14-7-5-4-6-8-14/h4-11,19,30H,13H2,1-3H3,(H,27,31)(H,29,34)(H,32,33)/t19-/m0/s1. The van der Waals surface area contributed by atoms with Crippen molar-refractivity contribution >= 4 is 28.7 Å². The van der Waals surface area contributed by atoms with Gasteiger partial charge in [0.1, 0.15) is 34.9 Å². The van der Waals surface area contributed by atoms with Crippen molar-refractivity contribution in [1.82, 2.24) is 15.6 Å². The van der Waals surface area contributed by atoms with Crippen LogP contribution in [-0.4, -0.2) is 51.4 Å². The molecule has 3 aromatic rings. The number of aromatic hydroxyl groups is 1. The summed E-state index contributed by atoms with van der Waals surface area (Å²) in [6, 6.07) is 13.9. The molecule has 186 valence electrons.